The molecule has 15 N–H and O–H groups in total. The number of rotatable bonds is 31. The van der Waals surface area contributed by atoms with Gasteiger partial charge in [-0.05, 0) is 51.0 Å². The van der Waals surface area contributed by atoms with E-state index >= 15 is 0 Å². The van der Waals surface area contributed by atoms with Crippen molar-refractivity contribution in [2.45, 2.75) is 120 Å². The Morgan fingerprint density at radius 2 is 1.03 bits per heavy atom. The van der Waals surface area contributed by atoms with E-state index < -0.39 is 152 Å². The zero-order valence-corrected chi connectivity index (χ0v) is 38.4. The van der Waals surface area contributed by atoms with Gasteiger partial charge in [-0.2, -0.15) is 37.0 Å². The Morgan fingerprint density at radius 3 is 1.52 bits per heavy atom. The maximum absolute atomic E-state index is 13.7. The van der Waals surface area contributed by atoms with E-state index in [4.69, 9.17) is 5.73 Å². The molecule has 0 aromatic carbocycles. The summed E-state index contributed by atoms with van der Waals surface area (Å²) in [5.41, 5.74) is 5.58. The summed E-state index contributed by atoms with van der Waals surface area (Å²) in [6, 6.07) is -13.9. The number of carboxylic acid groups (broad SMARTS) is 3. The van der Waals surface area contributed by atoms with Gasteiger partial charge in [-0.1, -0.05) is 13.8 Å². The third kappa shape index (κ3) is 22.1. The first-order valence-corrected chi connectivity index (χ1v) is 22.3. The second-order valence-electron chi connectivity index (χ2n) is 14.8. The number of carboxylic acids is 3. The number of carbonyl (C=O) groups excluding carboxylic acids is 8. The summed E-state index contributed by atoms with van der Waals surface area (Å²) < 4.78 is 0. The normalized spacial score (nSPS) is 15.7. The first-order chi connectivity index (χ1) is 29.8. The molecule has 0 aliphatic carbocycles. The van der Waals surface area contributed by atoms with Crippen molar-refractivity contribution in [1.29, 1.82) is 0 Å². The third-order valence-corrected chi connectivity index (χ3v) is 10.2. The van der Waals surface area contributed by atoms with Crippen molar-refractivity contribution in [2.24, 2.45) is 11.7 Å². The minimum absolute atomic E-state index is 0.100. The number of aliphatic hydroxyl groups excluding tert-OH is 2. The Bertz CT molecular complexity index is 1660. The molecule has 64 heavy (non-hydrogen) atoms. The minimum Gasteiger partial charge on any atom is -0.481 e. The highest BCUT2D eigenvalue weighted by Crippen LogP contribution is 2.10. The second kappa shape index (κ2) is 30.3. The zero-order valence-electron chi connectivity index (χ0n) is 35.8. The van der Waals surface area contributed by atoms with Crippen LogP contribution in [0.5, 0.6) is 0 Å². The van der Waals surface area contributed by atoms with Crippen LogP contribution in [-0.2, 0) is 52.7 Å². The SMILES string of the molecule is CSCC[C@H](NC(=O)[C@@H](NC(=O)[C@H](CC(C)C)NC(=O)[C@H](CC(=O)O)NC(=O)[C@H](CO)NC(=O)[C@@H](N)CS)[C@@H](C)O)C(=O)N[C@@H](CCC(=O)O)C(=O)N[C@@H](C)C(=O)N[C@@H](CS)C(=O)O. The molecule has 0 saturated carbocycles. The number of hydrogen-bond acceptors (Lipinski definition) is 17. The summed E-state index contributed by atoms with van der Waals surface area (Å²) in [7, 11) is 0. The van der Waals surface area contributed by atoms with E-state index in [-0.39, 0.29) is 36.0 Å². The lowest BCUT2D eigenvalue weighted by Crippen LogP contribution is -2.62. The van der Waals surface area contributed by atoms with Crippen LogP contribution < -0.4 is 48.3 Å². The number of nitrogens with one attached hydrogen (secondary N) is 8. The number of hydrogen-bond donors (Lipinski definition) is 16. The summed E-state index contributed by atoms with van der Waals surface area (Å²) in [6.07, 6.45) is -2.37. The second-order valence-corrected chi connectivity index (χ2v) is 16.5. The molecular weight excluding hydrogens is 911 g/mol. The Balaban J connectivity index is 6.36. The summed E-state index contributed by atoms with van der Waals surface area (Å²) in [4.78, 5) is 140. The van der Waals surface area contributed by atoms with Crippen LogP contribution in [0.4, 0.5) is 0 Å². The smallest absolute Gasteiger partial charge is 0.327 e. The van der Waals surface area contributed by atoms with E-state index in [1.54, 1.807) is 20.1 Å². The highest BCUT2D eigenvalue weighted by Gasteiger charge is 2.36. The summed E-state index contributed by atoms with van der Waals surface area (Å²) in [6.45, 7) is 4.65. The number of aliphatic carboxylic acids is 3. The van der Waals surface area contributed by atoms with Gasteiger partial charge < -0.3 is 73.8 Å². The Morgan fingerprint density at radius 1 is 0.562 bits per heavy atom. The number of aliphatic hydroxyl groups is 2. The van der Waals surface area contributed by atoms with Crippen LogP contribution in [0.3, 0.4) is 0 Å². The van der Waals surface area contributed by atoms with Gasteiger partial charge in [-0.25, -0.2) is 4.79 Å². The van der Waals surface area contributed by atoms with Crippen molar-refractivity contribution in [3.05, 3.63) is 0 Å². The van der Waals surface area contributed by atoms with Crippen LogP contribution in [-0.4, -0.2) is 181 Å². The van der Waals surface area contributed by atoms with Crippen molar-refractivity contribution in [1.82, 2.24) is 42.5 Å². The molecular formula is C36H61N9O16S3. The quantitative estimate of drug-likeness (QED) is 0.0289. The van der Waals surface area contributed by atoms with Crippen molar-refractivity contribution < 1.29 is 78.3 Å². The van der Waals surface area contributed by atoms with Crippen molar-refractivity contribution in [2.75, 3.05) is 30.1 Å². The van der Waals surface area contributed by atoms with Crippen LogP contribution in [0.25, 0.3) is 0 Å². The molecule has 0 spiro atoms. The monoisotopic (exact) mass is 971 g/mol. The van der Waals surface area contributed by atoms with Crippen molar-refractivity contribution in [3.63, 3.8) is 0 Å². The third-order valence-electron chi connectivity index (χ3n) is 8.84. The van der Waals surface area contributed by atoms with E-state index in [2.05, 4.69) is 67.8 Å². The predicted molar refractivity (Wildman–Crippen MR) is 235 cm³/mol. The molecule has 0 radical (unpaired) electrons. The van der Waals surface area contributed by atoms with E-state index in [1.807, 2.05) is 0 Å². The minimum atomic E-state index is -1.87. The number of carbonyl (C=O) groups is 11. The molecule has 0 unspecified atom stereocenters. The van der Waals surface area contributed by atoms with Gasteiger partial charge in [0.05, 0.1) is 25.2 Å². The van der Waals surface area contributed by atoms with Gasteiger partial charge in [0.2, 0.25) is 47.3 Å². The average molecular weight is 972 g/mol. The van der Waals surface area contributed by atoms with Gasteiger partial charge in [-0.3, -0.25) is 47.9 Å². The van der Waals surface area contributed by atoms with Gasteiger partial charge in [0, 0.05) is 17.9 Å². The fourth-order valence-corrected chi connectivity index (χ4v) is 6.17. The lowest BCUT2D eigenvalue weighted by Gasteiger charge is -2.29. The fourth-order valence-electron chi connectivity index (χ4n) is 5.28. The highest BCUT2D eigenvalue weighted by molar-refractivity contribution is 7.98. The van der Waals surface area contributed by atoms with E-state index in [1.165, 1.54) is 18.7 Å². The van der Waals surface area contributed by atoms with Crippen molar-refractivity contribution in [3.8, 4) is 0 Å². The highest BCUT2D eigenvalue weighted by atomic mass is 32.2. The van der Waals surface area contributed by atoms with E-state index in [9.17, 15) is 78.3 Å². The summed E-state index contributed by atoms with van der Waals surface area (Å²) in [5.74, 6) is -13.2. The van der Waals surface area contributed by atoms with Gasteiger partial charge in [0.25, 0.3) is 0 Å². The van der Waals surface area contributed by atoms with E-state index in [0.29, 0.717) is 0 Å². The van der Waals surface area contributed by atoms with Gasteiger partial charge in [0.1, 0.15) is 48.3 Å². The molecule has 25 nitrogen and oxygen atoms in total. The van der Waals surface area contributed by atoms with E-state index in [0.717, 1.165) is 6.92 Å². The average Bonchev–Trinajstić information content (AvgIpc) is 3.21. The number of nitrogens with two attached hydrogens (primary N) is 1. The molecule has 0 rings (SSSR count). The molecule has 10 atom stereocenters. The molecule has 8 amide bonds. The molecule has 364 valence electrons. The fraction of sp³-hybridized carbons (Fsp3) is 0.694. The largest absolute Gasteiger partial charge is 0.481 e. The molecule has 0 bridgehead atoms. The van der Waals surface area contributed by atoms with Crippen LogP contribution in [0, 0.1) is 5.92 Å². The molecule has 0 aliphatic heterocycles. The molecule has 28 heteroatoms. The van der Waals surface area contributed by atoms with Gasteiger partial charge in [0.15, 0.2) is 0 Å². The molecule has 0 aromatic heterocycles. The topological polar surface area (TPSA) is 411 Å². The summed E-state index contributed by atoms with van der Waals surface area (Å²) in [5, 5.41) is 66.3. The van der Waals surface area contributed by atoms with Gasteiger partial charge in [-0.15, -0.1) is 0 Å². The molecule has 0 aromatic rings. The van der Waals surface area contributed by atoms with Gasteiger partial charge >= 0.3 is 17.9 Å². The molecule has 0 heterocycles. The number of thioether (sulfide) groups is 1. The van der Waals surface area contributed by atoms with Crippen LogP contribution in [0.1, 0.15) is 59.8 Å². The predicted octanol–water partition coefficient (Wildman–Crippen LogP) is -5.33. The molecule has 0 fully saturated rings. The summed E-state index contributed by atoms with van der Waals surface area (Å²) >= 11 is 8.98. The maximum Gasteiger partial charge on any atom is 0.327 e. The van der Waals surface area contributed by atoms with Crippen LogP contribution in [0.15, 0.2) is 0 Å². The number of amides is 8. The van der Waals surface area contributed by atoms with Crippen molar-refractivity contribution >= 4 is 102 Å². The first kappa shape index (κ1) is 59.1. The molecule has 0 aliphatic rings. The Kier molecular flexibility index (Phi) is 28.0. The zero-order chi connectivity index (χ0) is 49.4. The van der Waals surface area contributed by atoms with Crippen LogP contribution in [0.2, 0.25) is 0 Å². The number of thiol groups is 2. The molecule has 0 saturated heterocycles. The Hall–Kier alpha value is -4.90. The maximum atomic E-state index is 13.7. The standard InChI is InChI=1S/C36H61N9O16S3/c1-15(2)10-21(41-32(56)22(11-26(50)51)42-34(58)23(12-46)43-29(53)18(37)13-62)33(57)45-27(17(4)47)35(59)40-20(8-9-64-5)31(55)39-19(6-7-25(48)49)30(54)38-16(3)28(52)44-24(14-63)36(60)61/h15-24,27,46-47,62-63H,6-14,37H2,1-5H3,(H,38,54)(H,39,55)(H,40,59)(H,41,56)(H,42,58)(H,43,53)(H,44,52)(H,45,57)(H,48,49)(H,50,51)(H,60,61)/t16-,17+,18-,19-,20-,21-,22-,23-,24-,27-/m0/s1. The lowest BCUT2D eigenvalue weighted by atomic mass is 10.0. The Labute approximate surface area is 383 Å². The first-order valence-electron chi connectivity index (χ1n) is 19.7. The van der Waals surface area contributed by atoms with Crippen LogP contribution >= 0.6 is 37.0 Å². The lowest BCUT2D eigenvalue weighted by molar-refractivity contribution is -0.142.